The minimum absolute atomic E-state index is 0.0566. The first kappa shape index (κ1) is 19.9. The van der Waals surface area contributed by atoms with Crippen molar-refractivity contribution in [2.75, 3.05) is 18.2 Å². The van der Waals surface area contributed by atoms with E-state index in [9.17, 15) is 4.79 Å². The van der Waals surface area contributed by atoms with E-state index < -0.39 is 0 Å². The zero-order valence-electron chi connectivity index (χ0n) is 17.8. The van der Waals surface area contributed by atoms with Crippen molar-refractivity contribution in [2.24, 2.45) is 30.2 Å². The number of hydrogen-bond acceptors (Lipinski definition) is 5. The van der Waals surface area contributed by atoms with Crippen LogP contribution in [-0.2, 0) is 18.3 Å². The van der Waals surface area contributed by atoms with Gasteiger partial charge in [0.15, 0.2) is 5.16 Å². The lowest BCUT2D eigenvalue weighted by Gasteiger charge is -2.56. The van der Waals surface area contributed by atoms with Gasteiger partial charge in [-0.25, -0.2) is 0 Å². The maximum atomic E-state index is 12.4. The highest BCUT2D eigenvalue weighted by molar-refractivity contribution is 7.99. The molecule has 160 valence electrons. The van der Waals surface area contributed by atoms with E-state index in [2.05, 4.69) is 20.1 Å². The summed E-state index contributed by atoms with van der Waals surface area (Å²) in [7, 11) is 3.66. The Kier molecular flexibility index (Phi) is 5.25. The Labute approximate surface area is 182 Å². The van der Waals surface area contributed by atoms with Gasteiger partial charge in [0.2, 0.25) is 5.91 Å². The topological polar surface area (TPSA) is 69.0 Å². The first-order chi connectivity index (χ1) is 14.5. The SMILES string of the molecule is COc1cccc(NC(=O)CSc2nnc(CC34CC5CC(CC(C5)C3)C4)n2C)c1. The third-order valence-corrected chi connectivity index (χ3v) is 8.33. The number of nitrogens with one attached hydrogen (secondary N) is 1. The number of rotatable bonds is 7. The first-order valence-electron chi connectivity index (χ1n) is 11.0. The van der Waals surface area contributed by atoms with Crippen LogP contribution in [-0.4, -0.2) is 33.5 Å². The number of methoxy groups -OCH3 is 1. The standard InChI is InChI=1S/C23H30N4O2S/c1-27-20(13-23-10-15-6-16(11-23)8-17(7-15)12-23)25-26-22(27)30-14-21(28)24-18-4-3-5-19(9-18)29-2/h3-5,9,15-17H,6-8,10-14H2,1-2H3,(H,24,28). The van der Waals surface area contributed by atoms with Gasteiger partial charge in [-0.3, -0.25) is 4.79 Å². The molecule has 30 heavy (non-hydrogen) atoms. The van der Waals surface area contributed by atoms with Crippen LogP contribution in [0.3, 0.4) is 0 Å². The Balaban J connectivity index is 1.19. The first-order valence-corrected chi connectivity index (χ1v) is 12.0. The van der Waals surface area contributed by atoms with Crippen LogP contribution in [0.2, 0.25) is 0 Å². The Bertz CT molecular complexity index is 906. The molecule has 4 saturated carbocycles. The summed E-state index contributed by atoms with van der Waals surface area (Å²) in [6, 6.07) is 7.39. The molecule has 2 aromatic rings. The maximum absolute atomic E-state index is 12.4. The average molecular weight is 427 g/mol. The van der Waals surface area contributed by atoms with Crippen LogP contribution in [0.25, 0.3) is 0 Å². The van der Waals surface area contributed by atoms with Crippen LogP contribution < -0.4 is 10.1 Å². The lowest BCUT2D eigenvalue weighted by atomic mass is 9.49. The predicted molar refractivity (Wildman–Crippen MR) is 118 cm³/mol. The highest BCUT2D eigenvalue weighted by atomic mass is 32.2. The third kappa shape index (κ3) is 3.96. The van der Waals surface area contributed by atoms with E-state index >= 15 is 0 Å². The average Bonchev–Trinajstić information content (AvgIpc) is 3.04. The molecule has 4 fully saturated rings. The van der Waals surface area contributed by atoms with Crippen molar-refractivity contribution in [1.29, 1.82) is 0 Å². The van der Waals surface area contributed by atoms with Crippen molar-refractivity contribution in [2.45, 2.75) is 50.1 Å². The number of amides is 1. The van der Waals surface area contributed by atoms with Gasteiger partial charge in [0.1, 0.15) is 11.6 Å². The van der Waals surface area contributed by atoms with Crippen molar-refractivity contribution >= 4 is 23.4 Å². The molecular weight excluding hydrogens is 396 g/mol. The fourth-order valence-corrected chi connectivity index (χ4v) is 7.22. The summed E-state index contributed by atoms with van der Waals surface area (Å²) >= 11 is 1.44. The number of carbonyl (C=O) groups is 1. The molecule has 6 rings (SSSR count). The van der Waals surface area contributed by atoms with Gasteiger partial charge in [-0.05, 0) is 73.8 Å². The molecule has 0 aliphatic heterocycles. The third-order valence-electron chi connectivity index (χ3n) is 7.31. The highest BCUT2D eigenvalue weighted by Crippen LogP contribution is 2.60. The second-order valence-corrected chi connectivity index (χ2v) is 10.6. The Hall–Kier alpha value is -2.02. The molecule has 0 atom stereocenters. The van der Waals surface area contributed by atoms with Gasteiger partial charge >= 0.3 is 0 Å². The predicted octanol–water partition coefficient (Wildman–Crippen LogP) is 4.31. The quantitative estimate of drug-likeness (QED) is 0.668. The molecule has 1 N–H and O–H groups in total. The molecule has 0 radical (unpaired) electrons. The lowest BCUT2D eigenvalue weighted by Crippen LogP contribution is -2.47. The molecule has 0 unspecified atom stereocenters. The van der Waals surface area contributed by atoms with Crippen molar-refractivity contribution in [3.8, 4) is 5.75 Å². The van der Waals surface area contributed by atoms with Crippen molar-refractivity contribution in [3.63, 3.8) is 0 Å². The number of benzene rings is 1. The van der Waals surface area contributed by atoms with Crippen molar-refractivity contribution in [3.05, 3.63) is 30.1 Å². The van der Waals surface area contributed by atoms with Gasteiger partial charge < -0.3 is 14.6 Å². The van der Waals surface area contributed by atoms with E-state index in [0.717, 1.165) is 46.6 Å². The Morgan fingerprint density at radius 2 is 1.90 bits per heavy atom. The summed E-state index contributed by atoms with van der Waals surface area (Å²) < 4.78 is 7.31. The van der Waals surface area contributed by atoms with E-state index in [1.165, 1.54) is 50.3 Å². The fraction of sp³-hybridized carbons (Fsp3) is 0.609. The molecule has 1 amide bonds. The Morgan fingerprint density at radius 3 is 2.57 bits per heavy atom. The van der Waals surface area contributed by atoms with Gasteiger partial charge in [0, 0.05) is 25.2 Å². The maximum Gasteiger partial charge on any atom is 0.234 e. The van der Waals surface area contributed by atoms with E-state index in [1.54, 1.807) is 7.11 Å². The van der Waals surface area contributed by atoms with Gasteiger partial charge in [-0.2, -0.15) is 0 Å². The summed E-state index contributed by atoms with van der Waals surface area (Å²) in [4.78, 5) is 12.4. The number of thioether (sulfide) groups is 1. The van der Waals surface area contributed by atoms with Crippen LogP contribution in [0.4, 0.5) is 5.69 Å². The smallest absolute Gasteiger partial charge is 0.234 e. The molecular formula is C23H30N4O2S. The summed E-state index contributed by atoms with van der Waals surface area (Å²) in [6.45, 7) is 0. The molecule has 6 nitrogen and oxygen atoms in total. The molecule has 1 aromatic carbocycles. The highest BCUT2D eigenvalue weighted by Gasteiger charge is 2.51. The van der Waals surface area contributed by atoms with Crippen LogP contribution in [0.15, 0.2) is 29.4 Å². The number of hydrogen-bond donors (Lipinski definition) is 1. The van der Waals surface area contributed by atoms with E-state index in [1.807, 2.05) is 31.3 Å². The minimum atomic E-state index is -0.0566. The van der Waals surface area contributed by atoms with Crippen LogP contribution in [0, 0.1) is 23.2 Å². The zero-order chi connectivity index (χ0) is 20.7. The van der Waals surface area contributed by atoms with Gasteiger partial charge in [-0.1, -0.05) is 17.8 Å². The largest absolute Gasteiger partial charge is 0.497 e. The molecule has 1 aromatic heterocycles. The Morgan fingerprint density at radius 1 is 1.20 bits per heavy atom. The van der Waals surface area contributed by atoms with Crippen LogP contribution in [0.1, 0.15) is 44.3 Å². The molecule has 0 spiro atoms. The number of ether oxygens (including phenoxy) is 1. The second-order valence-electron chi connectivity index (χ2n) is 9.62. The molecule has 4 bridgehead atoms. The molecule has 0 saturated heterocycles. The monoisotopic (exact) mass is 426 g/mol. The van der Waals surface area contributed by atoms with E-state index in [4.69, 9.17) is 4.74 Å². The molecule has 7 heteroatoms. The molecule has 1 heterocycles. The second kappa shape index (κ2) is 7.91. The molecule has 4 aliphatic carbocycles. The van der Waals surface area contributed by atoms with E-state index in [0.29, 0.717) is 11.2 Å². The molecule has 4 aliphatic rings. The fourth-order valence-electron chi connectivity index (χ4n) is 6.49. The number of anilines is 1. The summed E-state index contributed by atoms with van der Waals surface area (Å²) in [5.74, 6) is 4.88. The van der Waals surface area contributed by atoms with Gasteiger partial charge in [0.05, 0.1) is 12.9 Å². The van der Waals surface area contributed by atoms with Crippen LogP contribution >= 0.6 is 11.8 Å². The van der Waals surface area contributed by atoms with Gasteiger partial charge in [-0.15, -0.1) is 10.2 Å². The van der Waals surface area contributed by atoms with Crippen LogP contribution in [0.5, 0.6) is 5.75 Å². The summed E-state index contributed by atoms with van der Waals surface area (Å²) in [5, 5.41) is 12.7. The lowest BCUT2D eigenvalue weighted by molar-refractivity contribution is -0.113. The number of nitrogens with zero attached hydrogens (tertiary/aromatic N) is 3. The normalized spacial score (nSPS) is 29.2. The summed E-state index contributed by atoms with van der Waals surface area (Å²) in [5.41, 5.74) is 1.18. The van der Waals surface area contributed by atoms with E-state index in [-0.39, 0.29) is 5.91 Å². The zero-order valence-corrected chi connectivity index (χ0v) is 18.6. The number of aromatic nitrogens is 3. The van der Waals surface area contributed by atoms with Gasteiger partial charge in [0.25, 0.3) is 0 Å². The van der Waals surface area contributed by atoms with Crippen molar-refractivity contribution < 1.29 is 9.53 Å². The summed E-state index contributed by atoms with van der Waals surface area (Å²) in [6.07, 6.45) is 9.53. The number of carbonyl (C=O) groups excluding carboxylic acids is 1. The minimum Gasteiger partial charge on any atom is -0.497 e. The van der Waals surface area contributed by atoms with Crippen molar-refractivity contribution in [1.82, 2.24) is 14.8 Å².